The van der Waals surface area contributed by atoms with Crippen molar-refractivity contribution in [3.63, 3.8) is 0 Å². The van der Waals surface area contributed by atoms with Crippen LogP contribution in [-0.2, 0) is 11.2 Å². The van der Waals surface area contributed by atoms with Gasteiger partial charge in [-0.15, -0.1) is 0 Å². The number of rotatable bonds is 8. The molecule has 118 valence electrons. The lowest BCUT2D eigenvalue weighted by atomic mass is 10.1. The smallest absolute Gasteiger partial charge is 0.224 e. The van der Waals surface area contributed by atoms with Crippen LogP contribution in [0.2, 0.25) is 0 Å². The number of carbonyl (C=O) groups is 1. The first-order valence-electron chi connectivity index (χ1n) is 7.12. The Labute approximate surface area is 126 Å². The summed E-state index contributed by atoms with van der Waals surface area (Å²) in [6.07, 6.45) is 0.421. The van der Waals surface area contributed by atoms with Crippen LogP contribution in [0.4, 0.5) is 0 Å². The van der Waals surface area contributed by atoms with Crippen molar-refractivity contribution in [3.05, 3.63) is 23.8 Å². The van der Waals surface area contributed by atoms with E-state index in [-0.39, 0.29) is 18.9 Å². The molecule has 1 atom stereocenters. The number of hydrogen-bond acceptors (Lipinski definition) is 4. The summed E-state index contributed by atoms with van der Waals surface area (Å²) in [6.45, 7) is 4.35. The summed E-state index contributed by atoms with van der Waals surface area (Å²) in [5.41, 5.74) is 0.837. The van der Waals surface area contributed by atoms with E-state index >= 15 is 0 Å². The maximum Gasteiger partial charge on any atom is 0.224 e. The molecule has 21 heavy (non-hydrogen) atoms. The van der Waals surface area contributed by atoms with E-state index in [0.717, 1.165) is 5.56 Å². The first-order valence-corrected chi connectivity index (χ1v) is 7.12. The Morgan fingerprint density at radius 3 is 2.48 bits per heavy atom. The van der Waals surface area contributed by atoms with E-state index in [4.69, 9.17) is 9.47 Å². The second kappa shape index (κ2) is 8.52. The molecule has 0 heterocycles. The van der Waals surface area contributed by atoms with Crippen LogP contribution in [0, 0.1) is 5.92 Å². The molecule has 1 aromatic carbocycles. The fraction of sp³-hybridized carbons (Fsp3) is 0.562. The maximum atomic E-state index is 11.9. The molecule has 0 aromatic heterocycles. The van der Waals surface area contributed by atoms with Gasteiger partial charge in [-0.1, -0.05) is 19.9 Å². The molecule has 0 aliphatic rings. The number of hydrogen-bond donors (Lipinski definition) is 2. The molecule has 1 unspecified atom stereocenters. The molecule has 0 aliphatic heterocycles. The van der Waals surface area contributed by atoms with Crippen molar-refractivity contribution in [2.75, 3.05) is 20.8 Å². The molecule has 1 amide bonds. The van der Waals surface area contributed by atoms with Crippen molar-refractivity contribution < 1.29 is 19.4 Å². The second-order valence-corrected chi connectivity index (χ2v) is 5.45. The first-order chi connectivity index (χ1) is 9.96. The van der Waals surface area contributed by atoms with Gasteiger partial charge in [0.05, 0.1) is 26.7 Å². The number of benzene rings is 1. The van der Waals surface area contributed by atoms with Crippen LogP contribution >= 0.6 is 0 Å². The maximum absolute atomic E-state index is 11.9. The van der Waals surface area contributed by atoms with Gasteiger partial charge in [0.25, 0.3) is 0 Å². The van der Waals surface area contributed by atoms with Gasteiger partial charge in [-0.25, -0.2) is 0 Å². The Morgan fingerprint density at radius 2 is 1.90 bits per heavy atom. The third-order valence-corrected chi connectivity index (χ3v) is 3.09. The topological polar surface area (TPSA) is 67.8 Å². The Hall–Kier alpha value is -1.75. The lowest BCUT2D eigenvalue weighted by Gasteiger charge is -2.14. The van der Waals surface area contributed by atoms with Crippen LogP contribution in [0.15, 0.2) is 18.2 Å². The Morgan fingerprint density at radius 1 is 1.24 bits per heavy atom. The van der Waals surface area contributed by atoms with E-state index in [1.54, 1.807) is 26.4 Å². The van der Waals surface area contributed by atoms with Crippen molar-refractivity contribution in [1.82, 2.24) is 5.32 Å². The zero-order valence-corrected chi connectivity index (χ0v) is 13.2. The van der Waals surface area contributed by atoms with E-state index in [1.165, 1.54) is 0 Å². The van der Waals surface area contributed by atoms with Gasteiger partial charge in [-0.2, -0.15) is 0 Å². The van der Waals surface area contributed by atoms with Gasteiger partial charge >= 0.3 is 0 Å². The molecule has 0 fully saturated rings. The lowest BCUT2D eigenvalue weighted by Crippen LogP contribution is -2.33. The minimum atomic E-state index is -0.501. The van der Waals surface area contributed by atoms with Crippen molar-refractivity contribution in [2.24, 2.45) is 5.92 Å². The molecule has 5 nitrogen and oxygen atoms in total. The normalized spacial score (nSPS) is 12.1. The monoisotopic (exact) mass is 295 g/mol. The molecule has 0 radical (unpaired) electrons. The van der Waals surface area contributed by atoms with Gasteiger partial charge in [0.2, 0.25) is 5.91 Å². The number of amides is 1. The van der Waals surface area contributed by atoms with Crippen molar-refractivity contribution in [1.29, 1.82) is 0 Å². The van der Waals surface area contributed by atoms with E-state index in [1.807, 2.05) is 19.9 Å². The van der Waals surface area contributed by atoms with Gasteiger partial charge in [0.1, 0.15) is 0 Å². The van der Waals surface area contributed by atoms with Crippen LogP contribution < -0.4 is 14.8 Å². The second-order valence-electron chi connectivity index (χ2n) is 5.45. The number of nitrogens with one attached hydrogen (secondary N) is 1. The average Bonchev–Trinajstić information content (AvgIpc) is 2.44. The highest BCUT2D eigenvalue weighted by Crippen LogP contribution is 2.27. The predicted octanol–water partition coefficient (Wildman–Crippen LogP) is 1.77. The molecule has 0 bridgehead atoms. The Bertz CT molecular complexity index is 460. The van der Waals surface area contributed by atoms with E-state index in [2.05, 4.69) is 5.32 Å². The molecule has 2 N–H and O–H groups in total. The van der Waals surface area contributed by atoms with Crippen molar-refractivity contribution in [3.8, 4) is 11.5 Å². The summed E-state index contributed by atoms with van der Waals surface area (Å²) in [6, 6.07) is 5.38. The zero-order chi connectivity index (χ0) is 15.8. The quantitative estimate of drug-likeness (QED) is 0.767. The van der Waals surface area contributed by atoms with E-state index in [9.17, 15) is 9.90 Å². The third kappa shape index (κ3) is 6.04. The summed E-state index contributed by atoms with van der Waals surface area (Å²) in [5.74, 6) is 1.52. The SMILES string of the molecule is COc1ccc(CC(=O)NCC(O)CC(C)C)cc1OC. The zero-order valence-electron chi connectivity index (χ0n) is 13.2. The van der Waals surface area contributed by atoms with Crippen LogP contribution in [0.25, 0.3) is 0 Å². The van der Waals surface area contributed by atoms with Crippen molar-refractivity contribution in [2.45, 2.75) is 32.8 Å². The number of ether oxygens (including phenoxy) is 2. The molecule has 5 heteroatoms. The standard InChI is InChI=1S/C16H25NO4/c1-11(2)7-13(18)10-17-16(19)9-12-5-6-14(20-3)15(8-12)21-4/h5-6,8,11,13,18H,7,9-10H2,1-4H3,(H,17,19). The largest absolute Gasteiger partial charge is 0.493 e. The summed E-state index contributed by atoms with van der Waals surface area (Å²) in [7, 11) is 3.13. The van der Waals surface area contributed by atoms with Gasteiger partial charge in [-0.3, -0.25) is 4.79 Å². The van der Waals surface area contributed by atoms with Gasteiger partial charge in [-0.05, 0) is 30.0 Å². The summed E-state index contributed by atoms with van der Waals surface area (Å²) in [4.78, 5) is 11.9. The van der Waals surface area contributed by atoms with E-state index < -0.39 is 6.10 Å². The van der Waals surface area contributed by atoms with Crippen molar-refractivity contribution >= 4 is 5.91 Å². The summed E-state index contributed by atoms with van der Waals surface area (Å²) in [5, 5.41) is 12.5. The highest BCUT2D eigenvalue weighted by Gasteiger charge is 2.11. The number of aliphatic hydroxyl groups excluding tert-OH is 1. The van der Waals surface area contributed by atoms with E-state index in [0.29, 0.717) is 23.8 Å². The van der Waals surface area contributed by atoms with Crippen LogP contribution in [0.1, 0.15) is 25.8 Å². The predicted molar refractivity (Wildman–Crippen MR) is 81.7 cm³/mol. The molecule has 1 rings (SSSR count). The first kappa shape index (κ1) is 17.3. The Kier molecular flexibility index (Phi) is 7.02. The molecule has 0 saturated carbocycles. The molecule has 0 aliphatic carbocycles. The number of aliphatic hydroxyl groups is 1. The van der Waals surface area contributed by atoms with Crippen LogP contribution in [-0.4, -0.2) is 37.9 Å². The minimum absolute atomic E-state index is 0.120. The van der Waals surface area contributed by atoms with Gasteiger partial charge < -0.3 is 19.9 Å². The number of carbonyl (C=O) groups excluding carboxylic acids is 1. The summed E-state index contributed by atoms with van der Waals surface area (Å²) < 4.78 is 10.4. The molecule has 0 saturated heterocycles. The van der Waals surface area contributed by atoms with Gasteiger partial charge in [0.15, 0.2) is 11.5 Å². The fourth-order valence-corrected chi connectivity index (χ4v) is 2.10. The molecular formula is C16H25NO4. The summed E-state index contributed by atoms with van der Waals surface area (Å²) >= 11 is 0. The molecule has 0 spiro atoms. The minimum Gasteiger partial charge on any atom is -0.493 e. The van der Waals surface area contributed by atoms with Crippen LogP contribution in [0.5, 0.6) is 11.5 Å². The fourth-order valence-electron chi connectivity index (χ4n) is 2.10. The van der Waals surface area contributed by atoms with Gasteiger partial charge in [0, 0.05) is 6.54 Å². The lowest BCUT2D eigenvalue weighted by molar-refractivity contribution is -0.120. The van der Waals surface area contributed by atoms with Crippen LogP contribution in [0.3, 0.4) is 0 Å². The highest BCUT2D eigenvalue weighted by molar-refractivity contribution is 5.78. The molecule has 1 aromatic rings. The third-order valence-electron chi connectivity index (χ3n) is 3.09. The number of methoxy groups -OCH3 is 2. The molecular weight excluding hydrogens is 270 g/mol. The Balaban J connectivity index is 2.51. The average molecular weight is 295 g/mol. The highest BCUT2D eigenvalue weighted by atomic mass is 16.5.